The molecule has 96 valence electrons. The number of benzene rings is 1. The van der Waals surface area contributed by atoms with Crippen molar-refractivity contribution in [1.82, 2.24) is 4.98 Å². The lowest BCUT2D eigenvalue weighted by atomic mass is 10.1. The van der Waals surface area contributed by atoms with Crippen molar-refractivity contribution in [3.63, 3.8) is 0 Å². The minimum Gasteiger partial charge on any atom is -0.322 e. The third-order valence-electron chi connectivity index (χ3n) is 2.69. The number of rotatable bonds is 3. The number of sulfonamides is 1. The fraction of sp³-hybridized carbons (Fsp3) is 0.250. The van der Waals surface area contributed by atoms with E-state index in [0.717, 1.165) is 5.39 Å². The van der Waals surface area contributed by atoms with Gasteiger partial charge >= 0.3 is 0 Å². The SMILES string of the molecule is CCS(=O)(=O)Nc1ccc2cc(C)c(=O)[nH]c2c1. The second-order valence-corrected chi connectivity index (χ2v) is 6.10. The number of aryl methyl sites for hydroxylation is 1. The highest BCUT2D eigenvalue weighted by Gasteiger charge is 2.07. The lowest BCUT2D eigenvalue weighted by molar-refractivity contribution is 0.602. The summed E-state index contributed by atoms with van der Waals surface area (Å²) in [6, 6.07) is 6.83. The molecular weight excluding hydrogens is 252 g/mol. The topological polar surface area (TPSA) is 79.0 Å². The summed E-state index contributed by atoms with van der Waals surface area (Å²) in [5, 5.41) is 0.867. The van der Waals surface area contributed by atoms with Gasteiger partial charge in [-0.2, -0.15) is 0 Å². The Kier molecular flexibility index (Phi) is 3.13. The van der Waals surface area contributed by atoms with Crippen LogP contribution in [0.4, 0.5) is 5.69 Å². The van der Waals surface area contributed by atoms with Gasteiger partial charge in [0.05, 0.1) is 17.0 Å². The zero-order chi connectivity index (χ0) is 13.3. The van der Waals surface area contributed by atoms with Gasteiger partial charge in [0.1, 0.15) is 0 Å². The third kappa shape index (κ3) is 2.53. The number of fused-ring (bicyclic) bond motifs is 1. The summed E-state index contributed by atoms with van der Waals surface area (Å²) >= 11 is 0. The maximum Gasteiger partial charge on any atom is 0.251 e. The highest BCUT2D eigenvalue weighted by Crippen LogP contribution is 2.17. The Bertz CT molecular complexity index is 747. The molecule has 0 aliphatic heterocycles. The molecule has 0 spiro atoms. The predicted octanol–water partition coefficient (Wildman–Crippen LogP) is 1.60. The van der Waals surface area contributed by atoms with Gasteiger partial charge < -0.3 is 4.98 Å². The molecule has 1 aromatic heterocycles. The molecule has 1 aromatic carbocycles. The maximum atomic E-state index is 11.5. The lowest BCUT2D eigenvalue weighted by Crippen LogP contribution is -2.15. The Hall–Kier alpha value is -1.82. The van der Waals surface area contributed by atoms with Gasteiger partial charge in [0.25, 0.3) is 5.56 Å². The van der Waals surface area contributed by atoms with Crippen molar-refractivity contribution in [2.75, 3.05) is 10.5 Å². The lowest BCUT2D eigenvalue weighted by Gasteiger charge is -2.07. The van der Waals surface area contributed by atoms with Crippen molar-refractivity contribution in [3.8, 4) is 0 Å². The van der Waals surface area contributed by atoms with Crippen LogP contribution in [0.25, 0.3) is 10.9 Å². The second-order valence-electron chi connectivity index (χ2n) is 4.09. The number of aromatic nitrogens is 1. The molecule has 0 atom stereocenters. The summed E-state index contributed by atoms with van der Waals surface area (Å²) in [5.74, 6) is 0.00938. The van der Waals surface area contributed by atoms with Crippen LogP contribution in [0, 0.1) is 6.92 Å². The number of anilines is 1. The first-order valence-corrected chi connectivity index (χ1v) is 7.21. The first-order chi connectivity index (χ1) is 8.41. The molecule has 0 unspecified atom stereocenters. The van der Waals surface area contributed by atoms with Gasteiger partial charge in [-0.05, 0) is 37.4 Å². The molecule has 6 heteroatoms. The van der Waals surface area contributed by atoms with Gasteiger partial charge in [0.15, 0.2) is 0 Å². The molecule has 5 nitrogen and oxygen atoms in total. The Balaban J connectivity index is 2.51. The van der Waals surface area contributed by atoms with Gasteiger partial charge in [-0.3, -0.25) is 9.52 Å². The average Bonchev–Trinajstić information content (AvgIpc) is 2.31. The van der Waals surface area contributed by atoms with Crippen LogP contribution in [-0.2, 0) is 10.0 Å². The molecule has 2 rings (SSSR count). The van der Waals surface area contributed by atoms with E-state index in [1.165, 1.54) is 0 Å². The van der Waals surface area contributed by atoms with E-state index in [1.807, 2.05) is 0 Å². The van der Waals surface area contributed by atoms with Gasteiger partial charge in [-0.25, -0.2) is 8.42 Å². The molecule has 0 saturated carbocycles. The number of pyridine rings is 1. The van der Waals surface area contributed by atoms with Crippen LogP contribution in [0.2, 0.25) is 0 Å². The first kappa shape index (κ1) is 12.6. The van der Waals surface area contributed by atoms with Crippen LogP contribution >= 0.6 is 0 Å². The average molecular weight is 266 g/mol. The Labute approximate surface area is 105 Å². The summed E-state index contributed by atoms with van der Waals surface area (Å²) in [6.07, 6.45) is 0. The zero-order valence-electron chi connectivity index (χ0n) is 10.1. The Morgan fingerprint density at radius 1 is 1.28 bits per heavy atom. The molecular formula is C12H14N2O3S. The predicted molar refractivity (Wildman–Crippen MR) is 72.4 cm³/mol. The second kappa shape index (κ2) is 4.45. The summed E-state index contributed by atoms with van der Waals surface area (Å²) in [4.78, 5) is 14.2. The van der Waals surface area contributed by atoms with E-state index in [2.05, 4.69) is 9.71 Å². The van der Waals surface area contributed by atoms with E-state index in [1.54, 1.807) is 38.1 Å². The van der Waals surface area contributed by atoms with E-state index < -0.39 is 10.0 Å². The van der Waals surface area contributed by atoms with E-state index >= 15 is 0 Å². The highest BCUT2D eigenvalue weighted by atomic mass is 32.2. The molecule has 0 fully saturated rings. The zero-order valence-corrected chi connectivity index (χ0v) is 11.0. The molecule has 0 saturated heterocycles. The monoisotopic (exact) mass is 266 g/mol. The molecule has 2 aromatic rings. The van der Waals surface area contributed by atoms with Crippen LogP contribution in [0.15, 0.2) is 29.1 Å². The summed E-state index contributed by atoms with van der Waals surface area (Å²) in [7, 11) is -3.30. The van der Waals surface area contributed by atoms with E-state index in [9.17, 15) is 13.2 Å². The molecule has 0 bridgehead atoms. The van der Waals surface area contributed by atoms with Gasteiger partial charge in [0, 0.05) is 5.56 Å². The highest BCUT2D eigenvalue weighted by molar-refractivity contribution is 7.92. The number of hydrogen-bond donors (Lipinski definition) is 2. The van der Waals surface area contributed by atoms with Gasteiger partial charge in [-0.15, -0.1) is 0 Å². The van der Waals surface area contributed by atoms with Crippen molar-refractivity contribution in [3.05, 3.63) is 40.2 Å². The number of hydrogen-bond acceptors (Lipinski definition) is 3. The van der Waals surface area contributed by atoms with Crippen molar-refractivity contribution in [2.45, 2.75) is 13.8 Å². The standard InChI is InChI=1S/C12H14N2O3S/c1-3-18(16,17)14-10-5-4-9-6-8(2)12(15)13-11(9)7-10/h4-7,14H,3H2,1-2H3,(H,13,15). The van der Waals surface area contributed by atoms with E-state index in [4.69, 9.17) is 0 Å². The van der Waals surface area contributed by atoms with Crippen LogP contribution in [0.5, 0.6) is 0 Å². The Morgan fingerprint density at radius 2 is 2.00 bits per heavy atom. The summed E-state index contributed by atoms with van der Waals surface area (Å²) in [6.45, 7) is 3.29. The maximum absolute atomic E-state index is 11.5. The van der Waals surface area contributed by atoms with Crippen molar-refractivity contribution in [2.24, 2.45) is 0 Å². The van der Waals surface area contributed by atoms with Crippen LogP contribution < -0.4 is 10.3 Å². The van der Waals surface area contributed by atoms with Crippen molar-refractivity contribution in [1.29, 1.82) is 0 Å². The smallest absolute Gasteiger partial charge is 0.251 e. The number of nitrogens with one attached hydrogen (secondary N) is 2. The summed E-state index contributed by atoms with van der Waals surface area (Å²) in [5.41, 5.74) is 1.52. The van der Waals surface area contributed by atoms with Crippen LogP contribution in [0.1, 0.15) is 12.5 Å². The van der Waals surface area contributed by atoms with Crippen LogP contribution in [-0.4, -0.2) is 19.2 Å². The number of H-pyrrole nitrogens is 1. The first-order valence-electron chi connectivity index (χ1n) is 5.55. The van der Waals surface area contributed by atoms with Crippen molar-refractivity contribution < 1.29 is 8.42 Å². The molecule has 0 radical (unpaired) electrons. The third-order valence-corrected chi connectivity index (χ3v) is 3.99. The normalized spacial score (nSPS) is 11.7. The molecule has 18 heavy (non-hydrogen) atoms. The largest absolute Gasteiger partial charge is 0.322 e. The Morgan fingerprint density at radius 3 is 2.67 bits per heavy atom. The van der Waals surface area contributed by atoms with Gasteiger partial charge in [-0.1, -0.05) is 6.07 Å². The van der Waals surface area contributed by atoms with Crippen molar-refractivity contribution >= 4 is 26.6 Å². The van der Waals surface area contributed by atoms with Gasteiger partial charge in [0.2, 0.25) is 10.0 Å². The minimum atomic E-state index is -3.30. The summed E-state index contributed by atoms with van der Waals surface area (Å²) < 4.78 is 25.3. The van der Waals surface area contributed by atoms with Crippen LogP contribution in [0.3, 0.4) is 0 Å². The minimum absolute atomic E-state index is 0.00938. The molecule has 0 aliphatic rings. The fourth-order valence-corrected chi connectivity index (χ4v) is 2.26. The molecule has 0 amide bonds. The molecule has 1 heterocycles. The quantitative estimate of drug-likeness (QED) is 0.885. The molecule has 0 aliphatic carbocycles. The van der Waals surface area contributed by atoms with E-state index in [-0.39, 0.29) is 11.3 Å². The molecule has 2 N–H and O–H groups in total. The van der Waals surface area contributed by atoms with E-state index in [0.29, 0.717) is 16.8 Å². The fourth-order valence-electron chi connectivity index (χ4n) is 1.63. The number of aromatic amines is 1.